The Morgan fingerprint density at radius 2 is 1.97 bits per heavy atom. The minimum Gasteiger partial charge on any atom is -0.454 e. The van der Waals surface area contributed by atoms with Gasteiger partial charge in [-0.15, -0.1) is 10.2 Å². The minimum absolute atomic E-state index is 0.0911. The number of piperidine rings is 1. The lowest BCUT2D eigenvalue weighted by atomic mass is 10.0. The van der Waals surface area contributed by atoms with Crippen LogP contribution in [-0.2, 0) is 10.0 Å². The molecule has 1 N–H and O–H groups in total. The molecule has 0 unspecified atom stereocenters. The molecule has 3 aromatic rings. The van der Waals surface area contributed by atoms with E-state index in [2.05, 4.69) is 15.5 Å². The highest BCUT2D eigenvalue weighted by atomic mass is 35.5. The number of hydrogen-bond donors (Lipinski definition) is 1. The molecule has 0 aliphatic carbocycles. The zero-order valence-electron chi connectivity index (χ0n) is 17.2. The lowest BCUT2D eigenvalue weighted by Crippen LogP contribution is -2.39. The van der Waals surface area contributed by atoms with Gasteiger partial charge in [-0.2, -0.15) is 4.31 Å². The Balaban J connectivity index is 1.29. The van der Waals surface area contributed by atoms with Crippen molar-refractivity contribution in [3.05, 3.63) is 57.5 Å². The third-order valence-electron chi connectivity index (χ3n) is 5.45. The van der Waals surface area contributed by atoms with Crippen LogP contribution in [0.25, 0.3) is 0 Å². The molecule has 0 bridgehead atoms. The Labute approximate surface area is 199 Å². The van der Waals surface area contributed by atoms with Crippen molar-refractivity contribution in [2.45, 2.75) is 23.7 Å². The Morgan fingerprint density at radius 1 is 1.15 bits per heavy atom. The van der Waals surface area contributed by atoms with Crippen molar-refractivity contribution < 1.29 is 22.7 Å². The van der Waals surface area contributed by atoms with Gasteiger partial charge < -0.3 is 14.8 Å². The van der Waals surface area contributed by atoms with Crippen molar-refractivity contribution in [1.82, 2.24) is 14.5 Å². The van der Waals surface area contributed by atoms with E-state index in [1.54, 1.807) is 36.4 Å². The molecule has 2 aromatic carbocycles. The van der Waals surface area contributed by atoms with E-state index in [1.807, 2.05) is 0 Å². The summed E-state index contributed by atoms with van der Waals surface area (Å²) in [6, 6.07) is 11.5. The van der Waals surface area contributed by atoms with Crippen LogP contribution < -0.4 is 14.8 Å². The van der Waals surface area contributed by atoms with Crippen LogP contribution in [0.2, 0.25) is 5.02 Å². The summed E-state index contributed by atoms with van der Waals surface area (Å²) in [5, 5.41) is 12.0. The molecule has 0 spiro atoms. The van der Waals surface area contributed by atoms with Gasteiger partial charge in [0, 0.05) is 30.8 Å². The summed E-state index contributed by atoms with van der Waals surface area (Å²) in [4.78, 5) is 12.8. The average molecular weight is 507 g/mol. The number of benzene rings is 2. The van der Waals surface area contributed by atoms with Crippen molar-refractivity contribution in [3.8, 4) is 11.5 Å². The van der Waals surface area contributed by atoms with E-state index >= 15 is 0 Å². The predicted octanol–water partition coefficient (Wildman–Crippen LogP) is 3.74. The molecule has 2 aliphatic heterocycles. The van der Waals surface area contributed by atoms with Crippen LogP contribution >= 0.6 is 22.9 Å². The average Bonchev–Trinajstić information content (AvgIpc) is 3.49. The molecule has 2 aliphatic rings. The summed E-state index contributed by atoms with van der Waals surface area (Å²) in [5.74, 6) is 0.641. The minimum atomic E-state index is -3.73. The van der Waals surface area contributed by atoms with Gasteiger partial charge in [0.05, 0.1) is 5.02 Å². The highest BCUT2D eigenvalue weighted by Crippen LogP contribution is 2.35. The second kappa shape index (κ2) is 8.90. The monoisotopic (exact) mass is 506 g/mol. The molecule has 1 fully saturated rings. The lowest BCUT2D eigenvalue weighted by molar-refractivity contribution is 0.102. The van der Waals surface area contributed by atoms with E-state index in [9.17, 15) is 13.2 Å². The highest BCUT2D eigenvalue weighted by molar-refractivity contribution is 7.89. The molecule has 12 heteroatoms. The van der Waals surface area contributed by atoms with Crippen LogP contribution in [0, 0.1) is 0 Å². The number of aromatic nitrogens is 2. The fourth-order valence-corrected chi connectivity index (χ4v) is 6.69. The van der Waals surface area contributed by atoms with Crippen molar-refractivity contribution in [2.75, 3.05) is 25.2 Å². The Kier molecular flexibility index (Phi) is 5.95. The zero-order valence-corrected chi connectivity index (χ0v) is 19.6. The number of anilines is 1. The van der Waals surface area contributed by atoms with E-state index in [1.165, 1.54) is 21.7 Å². The number of hydrogen-bond acceptors (Lipinski definition) is 8. The number of rotatable bonds is 5. The third kappa shape index (κ3) is 4.41. The van der Waals surface area contributed by atoms with E-state index in [-0.39, 0.29) is 34.2 Å². The van der Waals surface area contributed by atoms with Gasteiger partial charge in [0.2, 0.25) is 21.8 Å². The number of halogens is 1. The predicted molar refractivity (Wildman–Crippen MR) is 123 cm³/mol. The maximum absolute atomic E-state index is 13.1. The number of ether oxygens (including phenoxy) is 2. The number of amides is 1. The number of carbonyl (C=O) groups excluding carboxylic acids is 1. The first-order chi connectivity index (χ1) is 15.9. The number of carbonyl (C=O) groups is 1. The summed E-state index contributed by atoms with van der Waals surface area (Å²) in [6.07, 6.45) is 1.43. The summed E-state index contributed by atoms with van der Waals surface area (Å²) in [5.41, 5.74) is 0.552. The standard InChI is InChI=1S/C21H19ClN4O5S2/c22-15-5-1-2-6-18(15)33(28,29)26-9-3-4-13(11-26)20-24-25-21(32-20)19(27)23-14-7-8-16-17(10-14)31-12-30-16/h1-2,5-8,10,13H,3-4,9,11-12H2,(H,23,27)/t13-/m1/s1. The molecule has 1 saturated heterocycles. The first kappa shape index (κ1) is 22.1. The number of nitrogens with zero attached hydrogens (tertiary/aromatic N) is 3. The van der Waals surface area contributed by atoms with Gasteiger partial charge in [-0.05, 0) is 37.1 Å². The van der Waals surface area contributed by atoms with Crippen LogP contribution in [0.3, 0.4) is 0 Å². The molecule has 1 amide bonds. The van der Waals surface area contributed by atoms with Gasteiger partial charge in [0.25, 0.3) is 5.91 Å². The summed E-state index contributed by atoms with van der Waals surface area (Å²) in [6.45, 7) is 0.809. The second-order valence-electron chi connectivity index (χ2n) is 7.60. The van der Waals surface area contributed by atoms with Gasteiger partial charge >= 0.3 is 0 Å². The summed E-state index contributed by atoms with van der Waals surface area (Å²) in [7, 11) is -3.73. The molecule has 3 heterocycles. The molecule has 172 valence electrons. The molecular formula is C21H19ClN4O5S2. The summed E-state index contributed by atoms with van der Waals surface area (Å²) < 4.78 is 38.2. The molecule has 33 heavy (non-hydrogen) atoms. The fourth-order valence-electron chi connectivity index (χ4n) is 3.81. The van der Waals surface area contributed by atoms with Crippen LogP contribution in [0.4, 0.5) is 5.69 Å². The van der Waals surface area contributed by atoms with Crippen molar-refractivity contribution in [3.63, 3.8) is 0 Å². The number of sulfonamides is 1. The molecule has 9 nitrogen and oxygen atoms in total. The largest absolute Gasteiger partial charge is 0.454 e. The van der Waals surface area contributed by atoms with E-state index in [0.29, 0.717) is 35.2 Å². The third-order valence-corrected chi connectivity index (χ3v) is 8.90. The van der Waals surface area contributed by atoms with Crippen LogP contribution in [0.15, 0.2) is 47.4 Å². The van der Waals surface area contributed by atoms with Crippen molar-refractivity contribution >= 4 is 44.6 Å². The smallest absolute Gasteiger partial charge is 0.286 e. The molecular weight excluding hydrogens is 488 g/mol. The van der Waals surface area contributed by atoms with Crippen molar-refractivity contribution in [1.29, 1.82) is 0 Å². The van der Waals surface area contributed by atoms with E-state index < -0.39 is 15.9 Å². The molecule has 5 rings (SSSR count). The molecule has 1 atom stereocenters. The zero-order chi connectivity index (χ0) is 23.0. The first-order valence-corrected chi connectivity index (χ1v) is 12.8. The normalized spacial score (nSPS) is 18.3. The Morgan fingerprint density at radius 3 is 2.82 bits per heavy atom. The van der Waals surface area contributed by atoms with Gasteiger partial charge in [-0.1, -0.05) is 35.1 Å². The molecule has 0 saturated carbocycles. The Hall–Kier alpha value is -2.73. The number of nitrogens with one attached hydrogen (secondary N) is 1. The molecule has 0 radical (unpaired) electrons. The Bertz CT molecular complexity index is 1310. The maximum Gasteiger partial charge on any atom is 0.286 e. The van der Waals surface area contributed by atoms with Gasteiger partial charge in [0.1, 0.15) is 9.90 Å². The van der Waals surface area contributed by atoms with Gasteiger partial charge in [-0.3, -0.25) is 4.79 Å². The van der Waals surface area contributed by atoms with E-state index in [0.717, 1.165) is 6.42 Å². The SMILES string of the molecule is O=C(Nc1ccc2c(c1)OCO2)c1nnc([C@@H]2CCCN(S(=O)(=O)c3ccccc3Cl)C2)s1. The van der Waals surface area contributed by atoms with Gasteiger partial charge in [0.15, 0.2) is 11.5 Å². The second-order valence-corrected chi connectivity index (χ2v) is 10.9. The maximum atomic E-state index is 13.1. The lowest BCUT2D eigenvalue weighted by Gasteiger charge is -2.30. The van der Waals surface area contributed by atoms with E-state index in [4.69, 9.17) is 21.1 Å². The first-order valence-electron chi connectivity index (χ1n) is 10.2. The number of fused-ring (bicyclic) bond motifs is 1. The topological polar surface area (TPSA) is 111 Å². The van der Waals surface area contributed by atoms with Gasteiger partial charge in [-0.25, -0.2) is 8.42 Å². The van der Waals surface area contributed by atoms with Crippen LogP contribution in [0.5, 0.6) is 11.5 Å². The molecule has 1 aromatic heterocycles. The van der Waals surface area contributed by atoms with Crippen LogP contribution in [-0.4, -0.2) is 48.7 Å². The fraction of sp³-hybridized carbons (Fsp3) is 0.286. The quantitative estimate of drug-likeness (QED) is 0.561. The highest BCUT2D eigenvalue weighted by Gasteiger charge is 2.33. The van der Waals surface area contributed by atoms with Crippen LogP contribution in [0.1, 0.15) is 33.6 Å². The summed E-state index contributed by atoms with van der Waals surface area (Å²) >= 11 is 7.30. The van der Waals surface area contributed by atoms with Crippen molar-refractivity contribution in [2.24, 2.45) is 0 Å².